The zero-order valence-corrected chi connectivity index (χ0v) is 7.95. The van der Waals surface area contributed by atoms with Crippen molar-refractivity contribution in [3.05, 3.63) is 34.5 Å². The van der Waals surface area contributed by atoms with Gasteiger partial charge in [-0.1, -0.05) is 6.92 Å². The Labute approximate surface area is 80.8 Å². The number of nitrogens with one attached hydrogen (secondary N) is 1. The van der Waals surface area contributed by atoms with Crippen LogP contribution in [0.5, 0.6) is 0 Å². The summed E-state index contributed by atoms with van der Waals surface area (Å²) in [6, 6.07) is 3.19. The van der Waals surface area contributed by atoms with Crippen LogP contribution >= 0.6 is 0 Å². The Hall–Kier alpha value is -1.75. The maximum absolute atomic E-state index is 11.0. The van der Waals surface area contributed by atoms with Crippen LogP contribution in [-0.4, -0.2) is 15.0 Å². The van der Waals surface area contributed by atoms with Gasteiger partial charge in [-0.3, -0.25) is 4.79 Å². The van der Waals surface area contributed by atoms with Gasteiger partial charge < -0.3 is 11.1 Å². The van der Waals surface area contributed by atoms with Crippen molar-refractivity contribution in [1.82, 2.24) is 21.1 Å². The molecule has 0 amide bonds. The molecule has 2 heterocycles. The second-order valence-corrected chi connectivity index (χ2v) is 2.77. The molecule has 0 aliphatic carbocycles. The number of aryl methyl sites for hydroxylation is 1. The van der Waals surface area contributed by atoms with Gasteiger partial charge in [0, 0.05) is 24.1 Å². The predicted molar refractivity (Wildman–Crippen MR) is 54.6 cm³/mol. The third-order valence-electron chi connectivity index (χ3n) is 1.84. The molecule has 0 bridgehead atoms. The fourth-order valence-electron chi connectivity index (χ4n) is 1.14. The average molecular weight is 192 g/mol. The monoisotopic (exact) mass is 192 g/mol. The highest BCUT2D eigenvalue weighted by Gasteiger charge is 1.97. The van der Waals surface area contributed by atoms with E-state index in [0.29, 0.717) is 5.65 Å². The van der Waals surface area contributed by atoms with Crippen molar-refractivity contribution in [3.8, 4) is 0 Å². The molecule has 0 unspecified atom stereocenters. The summed E-state index contributed by atoms with van der Waals surface area (Å²) in [4.78, 5) is 21.9. The summed E-state index contributed by atoms with van der Waals surface area (Å²) in [7, 11) is 0. The van der Waals surface area contributed by atoms with Crippen molar-refractivity contribution < 1.29 is 0 Å². The second kappa shape index (κ2) is 3.97. The van der Waals surface area contributed by atoms with Gasteiger partial charge in [-0.2, -0.15) is 0 Å². The summed E-state index contributed by atoms with van der Waals surface area (Å²) >= 11 is 0. The number of hydrogen-bond acceptors (Lipinski definition) is 4. The molecule has 5 heteroatoms. The van der Waals surface area contributed by atoms with Gasteiger partial charge >= 0.3 is 0 Å². The minimum Gasteiger partial charge on any atom is -0.344 e. The van der Waals surface area contributed by atoms with Crippen molar-refractivity contribution >= 4 is 11.0 Å². The van der Waals surface area contributed by atoms with E-state index in [-0.39, 0.29) is 11.7 Å². The minimum atomic E-state index is -0.131. The molecular formula is C9H12N4O. The molecule has 4 N–H and O–H groups in total. The Kier molecular flexibility index (Phi) is 2.93. The summed E-state index contributed by atoms with van der Waals surface area (Å²) in [5.41, 5.74) is 0.479. The van der Waals surface area contributed by atoms with Gasteiger partial charge in [0.15, 0.2) is 0 Å². The Morgan fingerprint density at radius 3 is 2.93 bits per heavy atom. The van der Waals surface area contributed by atoms with Crippen LogP contribution in [-0.2, 0) is 6.42 Å². The van der Waals surface area contributed by atoms with Crippen molar-refractivity contribution in [1.29, 1.82) is 0 Å². The first-order chi connectivity index (χ1) is 6.29. The Bertz CT molecular complexity index is 491. The first-order valence-electron chi connectivity index (χ1n) is 4.14. The Balaban J connectivity index is 0.000000980. The molecule has 0 spiro atoms. The van der Waals surface area contributed by atoms with Crippen molar-refractivity contribution in [2.45, 2.75) is 13.3 Å². The molecule has 0 saturated carbocycles. The number of nitrogens with zero attached hydrogens (tertiary/aromatic N) is 2. The number of aromatic amines is 1. The molecular weight excluding hydrogens is 180 g/mol. The highest BCUT2D eigenvalue weighted by Crippen LogP contribution is 2.04. The lowest BCUT2D eigenvalue weighted by Crippen LogP contribution is -2.05. The predicted octanol–water partition coefficient (Wildman–Crippen LogP) is 1.04. The van der Waals surface area contributed by atoms with E-state index in [1.807, 2.05) is 6.92 Å². The molecule has 0 saturated heterocycles. The lowest BCUT2D eigenvalue weighted by atomic mass is 10.3. The average Bonchev–Trinajstić information content (AvgIpc) is 2.16. The molecule has 5 nitrogen and oxygen atoms in total. The summed E-state index contributed by atoms with van der Waals surface area (Å²) < 4.78 is 0. The lowest BCUT2D eigenvalue weighted by Gasteiger charge is -1.97. The zero-order valence-electron chi connectivity index (χ0n) is 7.95. The molecule has 0 atom stereocenters. The minimum absolute atomic E-state index is 0. The second-order valence-electron chi connectivity index (χ2n) is 2.77. The van der Waals surface area contributed by atoms with Gasteiger partial charge in [0.1, 0.15) is 11.5 Å². The first kappa shape index (κ1) is 10.3. The summed E-state index contributed by atoms with van der Waals surface area (Å²) in [6.07, 6.45) is 2.49. The van der Waals surface area contributed by atoms with E-state index in [4.69, 9.17) is 0 Å². The van der Waals surface area contributed by atoms with Crippen molar-refractivity contribution in [3.63, 3.8) is 0 Å². The van der Waals surface area contributed by atoms with Crippen LogP contribution in [0.4, 0.5) is 0 Å². The van der Waals surface area contributed by atoms with Gasteiger partial charge in [-0.15, -0.1) is 0 Å². The third kappa shape index (κ3) is 1.77. The number of hydrogen-bond donors (Lipinski definition) is 2. The van der Waals surface area contributed by atoms with E-state index in [2.05, 4.69) is 15.0 Å². The van der Waals surface area contributed by atoms with Crippen molar-refractivity contribution in [2.75, 3.05) is 0 Å². The van der Waals surface area contributed by atoms with Crippen LogP contribution in [0.1, 0.15) is 12.7 Å². The molecule has 0 aromatic carbocycles. The van der Waals surface area contributed by atoms with E-state index in [9.17, 15) is 4.79 Å². The fraction of sp³-hybridized carbons (Fsp3) is 0.222. The van der Waals surface area contributed by atoms with E-state index in [1.165, 1.54) is 6.07 Å². The SMILES string of the molecule is CCc1ncc2ccc(=O)[nH]c2n1.N. The van der Waals surface area contributed by atoms with E-state index in [0.717, 1.165) is 17.6 Å². The standard InChI is InChI=1S/C9H9N3O.H3N/c1-2-7-10-5-6-3-4-8(13)12-9(6)11-7;/h3-5H,2H2,1H3,(H,10,11,12,13);1H3. The van der Waals surface area contributed by atoms with Gasteiger partial charge in [-0.25, -0.2) is 9.97 Å². The van der Waals surface area contributed by atoms with Crippen LogP contribution in [0.15, 0.2) is 23.1 Å². The molecule has 0 aliphatic rings. The third-order valence-corrected chi connectivity index (χ3v) is 1.84. The summed E-state index contributed by atoms with van der Waals surface area (Å²) in [5.74, 6) is 0.745. The Morgan fingerprint density at radius 1 is 1.43 bits per heavy atom. The van der Waals surface area contributed by atoms with E-state index in [1.54, 1.807) is 12.3 Å². The summed E-state index contributed by atoms with van der Waals surface area (Å²) in [6.45, 7) is 1.97. The van der Waals surface area contributed by atoms with E-state index < -0.39 is 0 Å². The molecule has 2 rings (SSSR count). The quantitative estimate of drug-likeness (QED) is 0.705. The summed E-state index contributed by atoms with van der Waals surface area (Å²) in [5, 5.41) is 0.858. The van der Waals surface area contributed by atoms with Gasteiger partial charge in [0.05, 0.1) is 0 Å². The number of H-pyrrole nitrogens is 1. The van der Waals surface area contributed by atoms with Crippen LogP contribution < -0.4 is 11.7 Å². The number of pyridine rings is 1. The first-order valence-corrected chi connectivity index (χ1v) is 4.14. The number of aromatic nitrogens is 3. The van der Waals surface area contributed by atoms with Gasteiger partial charge in [-0.05, 0) is 6.07 Å². The smallest absolute Gasteiger partial charge is 0.249 e. The molecule has 0 fully saturated rings. The van der Waals surface area contributed by atoms with Crippen LogP contribution in [0, 0.1) is 0 Å². The molecule has 2 aromatic heterocycles. The highest BCUT2D eigenvalue weighted by molar-refractivity contribution is 5.72. The van der Waals surface area contributed by atoms with E-state index >= 15 is 0 Å². The molecule has 2 aromatic rings. The largest absolute Gasteiger partial charge is 0.344 e. The maximum Gasteiger partial charge on any atom is 0.249 e. The van der Waals surface area contributed by atoms with Gasteiger partial charge in [0.2, 0.25) is 5.56 Å². The zero-order chi connectivity index (χ0) is 9.26. The van der Waals surface area contributed by atoms with Gasteiger partial charge in [0.25, 0.3) is 0 Å². The lowest BCUT2D eigenvalue weighted by molar-refractivity contribution is 0.951. The van der Waals surface area contributed by atoms with Crippen LogP contribution in [0.25, 0.3) is 11.0 Å². The molecule has 0 radical (unpaired) electrons. The number of rotatable bonds is 1. The topological polar surface area (TPSA) is 93.6 Å². The van der Waals surface area contributed by atoms with Crippen molar-refractivity contribution in [2.24, 2.45) is 0 Å². The fourth-order valence-corrected chi connectivity index (χ4v) is 1.14. The van der Waals surface area contributed by atoms with Crippen LogP contribution in [0.3, 0.4) is 0 Å². The molecule has 0 aliphatic heterocycles. The highest BCUT2D eigenvalue weighted by atomic mass is 16.1. The molecule has 74 valence electrons. The maximum atomic E-state index is 11.0. The number of fused-ring (bicyclic) bond motifs is 1. The normalized spacial score (nSPS) is 9.79. The van der Waals surface area contributed by atoms with Crippen LogP contribution in [0.2, 0.25) is 0 Å². The molecule has 14 heavy (non-hydrogen) atoms. The Morgan fingerprint density at radius 2 is 2.21 bits per heavy atom.